The van der Waals surface area contributed by atoms with Gasteiger partial charge in [-0.1, -0.05) is 6.92 Å². The summed E-state index contributed by atoms with van der Waals surface area (Å²) in [6.45, 7) is 3.30. The molecule has 0 aromatic carbocycles. The van der Waals surface area contributed by atoms with Crippen LogP contribution in [0.2, 0.25) is 0 Å². The van der Waals surface area contributed by atoms with Gasteiger partial charge in [0.1, 0.15) is 12.2 Å². The number of carbonyl (C=O) groups excluding carboxylic acids is 1. The maximum absolute atomic E-state index is 14.0. The molecule has 122 valence electrons. The van der Waals surface area contributed by atoms with Gasteiger partial charge in [0, 0.05) is 6.42 Å². The molecule has 0 bridgehead atoms. The van der Waals surface area contributed by atoms with Gasteiger partial charge >= 0.3 is 5.69 Å². The Kier molecular flexibility index (Phi) is 4.89. The van der Waals surface area contributed by atoms with Crippen LogP contribution in [0.15, 0.2) is 11.0 Å². The van der Waals surface area contributed by atoms with E-state index in [1.54, 1.807) is 6.92 Å². The average Bonchev–Trinajstić information content (AvgIpc) is 2.70. The van der Waals surface area contributed by atoms with Crippen LogP contribution in [0.25, 0.3) is 0 Å². The lowest BCUT2D eigenvalue weighted by Gasteiger charge is -2.17. The number of amides is 1. The summed E-state index contributed by atoms with van der Waals surface area (Å²) in [5.74, 6) is -1.86. The van der Waals surface area contributed by atoms with E-state index in [-0.39, 0.29) is 6.42 Å². The standard InChI is InChI=1S/C13H18FN3O5/c1-3-4-8(18)15-11-7(14)5-17(13(21)16-11)12-10(20)9(19)6(2)22-12/h5-6,9-10,12,19-20H,3-4H2,1-2H3,(H,15,16,18,21)/t6-,9?,10?,12-/m1/s1. The predicted molar refractivity (Wildman–Crippen MR) is 73.6 cm³/mol. The molecule has 0 spiro atoms. The number of aromatic nitrogens is 2. The molecule has 0 radical (unpaired) electrons. The normalized spacial score (nSPS) is 27.9. The predicted octanol–water partition coefficient (Wildman–Crippen LogP) is -0.240. The van der Waals surface area contributed by atoms with Crippen molar-refractivity contribution in [1.29, 1.82) is 0 Å². The number of nitrogens with one attached hydrogen (secondary N) is 1. The third-order valence-electron chi connectivity index (χ3n) is 3.39. The maximum Gasteiger partial charge on any atom is 0.351 e. The zero-order valence-electron chi connectivity index (χ0n) is 12.2. The van der Waals surface area contributed by atoms with Gasteiger partial charge in [0.2, 0.25) is 5.91 Å². The fourth-order valence-corrected chi connectivity index (χ4v) is 2.19. The van der Waals surface area contributed by atoms with Gasteiger partial charge in [0.25, 0.3) is 0 Å². The Morgan fingerprint density at radius 2 is 2.18 bits per heavy atom. The van der Waals surface area contributed by atoms with Gasteiger partial charge in [-0.05, 0) is 13.3 Å². The Balaban J connectivity index is 2.27. The van der Waals surface area contributed by atoms with Crippen molar-refractivity contribution in [3.05, 3.63) is 22.5 Å². The van der Waals surface area contributed by atoms with Crippen LogP contribution in [-0.2, 0) is 9.53 Å². The SMILES string of the molecule is CCCC(=O)Nc1nc(=O)n([C@@H]2O[C@H](C)C(O)C2O)cc1F. The quantitative estimate of drug-likeness (QED) is 0.706. The van der Waals surface area contributed by atoms with Crippen LogP contribution in [-0.4, -0.2) is 44.0 Å². The van der Waals surface area contributed by atoms with Gasteiger partial charge < -0.3 is 20.3 Å². The molecule has 2 heterocycles. The van der Waals surface area contributed by atoms with E-state index < -0.39 is 47.8 Å². The number of nitrogens with zero attached hydrogens (tertiary/aromatic N) is 2. The number of halogens is 1. The van der Waals surface area contributed by atoms with Crippen LogP contribution in [0, 0.1) is 5.82 Å². The van der Waals surface area contributed by atoms with Crippen molar-refractivity contribution < 1.29 is 24.1 Å². The minimum atomic E-state index is -1.38. The molecule has 1 aliphatic rings. The highest BCUT2D eigenvalue weighted by molar-refractivity contribution is 5.89. The Bertz CT molecular complexity index is 620. The Labute approximate surface area is 125 Å². The van der Waals surface area contributed by atoms with E-state index in [9.17, 15) is 24.2 Å². The van der Waals surface area contributed by atoms with Crippen molar-refractivity contribution in [2.24, 2.45) is 0 Å². The lowest BCUT2D eigenvalue weighted by molar-refractivity contribution is -0.116. The van der Waals surface area contributed by atoms with Gasteiger partial charge in [-0.2, -0.15) is 4.98 Å². The number of ether oxygens (including phenoxy) is 1. The number of anilines is 1. The number of rotatable bonds is 4. The number of hydrogen-bond donors (Lipinski definition) is 3. The first-order chi connectivity index (χ1) is 10.3. The van der Waals surface area contributed by atoms with Crippen molar-refractivity contribution in [1.82, 2.24) is 9.55 Å². The third-order valence-corrected chi connectivity index (χ3v) is 3.39. The Morgan fingerprint density at radius 1 is 1.50 bits per heavy atom. The summed E-state index contributed by atoms with van der Waals surface area (Å²) in [5.41, 5.74) is -0.904. The van der Waals surface area contributed by atoms with E-state index in [1.165, 1.54) is 6.92 Å². The van der Waals surface area contributed by atoms with Gasteiger partial charge in [0.15, 0.2) is 17.9 Å². The second kappa shape index (κ2) is 6.51. The fourth-order valence-electron chi connectivity index (χ4n) is 2.19. The molecule has 1 fully saturated rings. The molecular weight excluding hydrogens is 297 g/mol. The van der Waals surface area contributed by atoms with Gasteiger partial charge in [-0.25, -0.2) is 9.18 Å². The highest BCUT2D eigenvalue weighted by atomic mass is 19.1. The van der Waals surface area contributed by atoms with Gasteiger partial charge in [0.05, 0.1) is 12.3 Å². The van der Waals surface area contributed by atoms with Crippen LogP contribution in [0.3, 0.4) is 0 Å². The van der Waals surface area contributed by atoms with Gasteiger partial charge in [-0.3, -0.25) is 9.36 Å². The minimum Gasteiger partial charge on any atom is -0.388 e. The van der Waals surface area contributed by atoms with Crippen LogP contribution in [0.4, 0.5) is 10.2 Å². The number of aliphatic hydroxyl groups is 2. The largest absolute Gasteiger partial charge is 0.388 e. The number of hydrogen-bond acceptors (Lipinski definition) is 6. The van der Waals surface area contributed by atoms with Crippen molar-refractivity contribution in [3.8, 4) is 0 Å². The Morgan fingerprint density at radius 3 is 2.73 bits per heavy atom. The van der Waals surface area contributed by atoms with E-state index in [2.05, 4.69) is 10.3 Å². The van der Waals surface area contributed by atoms with Gasteiger partial charge in [-0.15, -0.1) is 0 Å². The summed E-state index contributed by atoms with van der Waals surface area (Å²) in [6, 6.07) is 0. The molecule has 22 heavy (non-hydrogen) atoms. The second-order valence-corrected chi connectivity index (χ2v) is 5.14. The van der Waals surface area contributed by atoms with E-state index in [1.807, 2.05) is 0 Å². The fraction of sp³-hybridized carbons (Fsp3) is 0.615. The molecule has 1 aliphatic heterocycles. The van der Waals surface area contributed by atoms with E-state index >= 15 is 0 Å². The van der Waals surface area contributed by atoms with Crippen LogP contribution >= 0.6 is 0 Å². The molecular formula is C13H18FN3O5. The highest BCUT2D eigenvalue weighted by Gasteiger charge is 2.42. The van der Waals surface area contributed by atoms with Crippen LogP contribution in [0.5, 0.6) is 0 Å². The number of aliphatic hydroxyl groups excluding tert-OH is 2. The van der Waals surface area contributed by atoms with Crippen molar-refractivity contribution in [2.75, 3.05) is 5.32 Å². The zero-order chi connectivity index (χ0) is 16.4. The van der Waals surface area contributed by atoms with E-state index in [0.717, 1.165) is 10.8 Å². The first-order valence-corrected chi connectivity index (χ1v) is 6.95. The van der Waals surface area contributed by atoms with E-state index in [0.29, 0.717) is 6.42 Å². The number of carbonyl (C=O) groups is 1. The minimum absolute atomic E-state index is 0.179. The topological polar surface area (TPSA) is 114 Å². The summed E-state index contributed by atoms with van der Waals surface area (Å²) >= 11 is 0. The first kappa shape index (κ1) is 16.5. The second-order valence-electron chi connectivity index (χ2n) is 5.14. The van der Waals surface area contributed by atoms with Crippen molar-refractivity contribution >= 4 is 11.7 Å². The molecule has 8 nitrogen and oxygen atoms in total. The van der Waals surface area contributed by atoms with E-state index in [4.69, 9.17) is 4.74 Å². The highest BCUT2D eigenvalue weighted by Crippen LogP contribution is 2.28. The summed E-state index contributed by atoms with van der Waals surface area (Å²) in [6.07, 6.45) is -2.98. The molecule has 1 aromatic heterocycles. The zero-order valence-corrected chi connectivity index (χ0v) is 12.2. The first-order valence-electron chi connectivity index (χ1n) is 6.95. The lowest BCUT2D eigenvalue weighted by atomic mass is 10.1. The summed E-state index contributed by atoms with van der Waals surface area (Å²) in [7, 11) is 0. The molecule has 1 amide bonds. The van der Waals surface area contributed by atoms with Crippen molar-refractivity contribution in [2.45, 2.75) is 51.2 Å². The van der Waals surface area contributed by atoms with Crippen molar-refractivity contribution in [3.63, 3.8) is 0 Å². The average molecular weight is 315 g/mol. The summed E-state index contributed by atoms with van der Waals surface area (Å²) < 4.78 is 20.0. The van der Waals surface area contributed by atoms with Crippen LogP contribution in [0.1, 0.15) is 32.9 Å². The molecule has 1 saturated heterocycles. The maximum atomic E-state index is 14.0. The monoisotopic (exact) mass is 315 g/mol. The molecule has 0 aliphatic carbocycles. The smallest absolute Gasteiger partial charge is 0.351 e. The molecule has 9 heteroatoms. The molecule has 4 atom stereocenters. The third kappa shape index (κ3) is 3.16. The lowest BCUT2D eigenvalue weighted by Crippen LogP contribution is -2.36. The Hall–Kier alpha value is -1.84. The molecule has 0 saturated carbocycles. The summed E-state index contributed by atoms with van der Waals surface area (Å²) in [5, 5.41) is 21.7. The molecule has 2 rings (SSSR count). The van der Waals surface area contributed by atoms with Crippen LogP contribution < -0.4 is 11.0 Å². The molecule has 3 N–H and O–H groups in total. The molecule has 1 aromatic rings. The molecule has 2 unspecified atom stereocenters. The summed E-state index contributed by atoms with van der Waals surface area (Å²) in [4.78, 5) is 26.8.